The lowest BCUT2D eigenvalue weighted by atomic mass is 10.2. The number of unbranched alkanes of at least 4 members (excludes halogenated alkanes) is 1. The molecule has 0 atom stereocenters. The highest BCUT2D eigenvalue weighted by Crippen LogP contribution is 2.20. The van der Waals surface area contributed by atoms with Gasteiger partial charge in [-0.2, -0.15) is 0 Å². The van der Waals surface area contributed by atoms with E-state index in [0.717, 1.165) is 12.2 Å². The molecule has 0 saturated carbocycles. The number of benzene rings is 2. The fraction of sp³-hybridized carbons (Fsp3) is 0.263. The van der Waals surface area contributed by atoms with E-state index in [1.165, 1.54) is 10.1 Å². The molecule has 130 valence electrons. The number of ether oxygens (including phenoxy) is 1. The van der Waals surface area contributed by atoms with E-state index in [0.29, 0.717) is 35.5 Å². The van der Waals surface area contributed by atoms with E-state index < -0.39 is 11.4 Å². The first-order chi connectivity index (χ1) is 12.1. The summed E-state index contributed by atoms with van der Waals surface area (Å²) in [5.41, 5.74) is 0.937. The van der Waals surface area contributed by atoms with Gasteiger partial charge in [0.05, 0.1) is 22.5 Å². The molecule has 25 heavy (non-hydrogen) atoms. The van der Waals surface area contributed by atoms with Crippen molar-refractivity contribution >= 4 is 22.5 Å². The lowest BCUT2D eigenvalue weighted by Crippen LogP contribution is -2.25. The predicted molar refractivity (Wildman–Crippen MR) is 97.7 cm³/mol. The molecule has 0 fully saturated rings. The first kappa shape index (κ1) is 17.3. The minimum absolute atomic E-state index is 0.308. The summed E-state index contributed by atoms with van der Waals surface area (Å²) >= 11 is 6.17. The van der Waals surface area contributed by atoms with E-state index in [9.17, 15) is 9.59 Å². The van der Waals surface area contributed by atoms with Crippen molar-refractivity contribution in [1.29, 1.82) is 0 Å². The third-order valence-electron chi connectivity index (χ3n) is 3.94. The summed E-state index contributed by atoms with van der Waals surface area (Å²) in [6.45, 7) is 2.97. The predicted octanol–water partition coefficient (Wildman–Crippen LogP) is 3.78. The Bertz CT molecular complexity index is 989. The molecule has 0 saturated heterocycles. The van der Waals surface area contributed by atoms with E-state index in [2.05, 4.69) is 0 Å². The van der Waals surface area contributed by atoms with Crippen LogP contribution < -0.4 is 16.1 Å². The molecule has 0 unspecified atom stereocenters. The van der Waals surface area contributed by atoms with E-state index in [-0.39, 0.29) is 0 Å². The molecule has 0 radical (unpaired) electrons. The van der Waals surface area contributed by atoms with E-state index >= 15 is 0 Å². The Morgan fingerprint density at radius 2 is 1.84 bits per heavy atom. The lowest BCUT2D eigenvalue weighted by Gasteiger charge is -2.10. The minimum atomic E-state index is -0.690. The number of para-hydroxylation sites is 1. The largest absolute Gasteiger partial charge is 0.494 e. The van der Waals surface area contributed by atoms with Gasteiger partial charge in [0.1, 0.15) is 5.75 Å². The number of aryl methyl sites for hydroxylation is 2. The van der Waals surface area contributed by atoms with Gasteiger partial charge in [-0.3, -0.25) is 4.57 Å². The average Bonchev–Trinajstić information content (AvgIpc) is 2.59. The second-order valence-electron chi connectivity index (χ2n) is 5.81. The molecule has 0 bridgehead atoms. The Balaban J connectivity index is 1.66. The maximum Gasteiger partial charge on any atom is 0.422 e. The average molecular weight is 360 g/mol. The molecule has 2 aromatic carbocycles. The SMILES string of the molecule is Cc1ccc(OCCCCn2c(=O)oc(=O)c3cccc(Cl)c32)cc1. The normalized spacial score (nSPS) is 11.0. The maximum absolute atomic E-state index is 12.0. The molecule has 5 nitrogen and oxygen atoms in total. The fourth-order valence-corrected chi connectivity index (χ4v) is 2.91. The van der Waals surface area contributed by atoms with Crippen molar-refractivity contribution in [2.45, 2.75) is 26.3 Å². The highest BCUT2D eigenvalue weighted by Gasteiger charge is 2.12. The molecule has 3 aromatic rings. The summed E-state index contributed by atoms with van der Waals surface area (Å²) in [6.07, 6.45) is 1.45. The van der Waals surface area contributed by atoms with Gasteiger partial charge in [0.2, 0.25) is 0 Å². The van der Waals surface area contributed by atoms with Gasteiger partial charge in [0, 0.05) is 6.54 Å². The zero-order chi connectivity index (χ0) is 17.8. The first-order valence-corrected chi connectivity index (χ1v) is 8.46. The molecule has 3 rings (SSSR count). The molecule has 0 aliphatic carbocycles. The van der Waals surface area contributed by atoms with Crippen molar-refractivity contribution < 1.29 is 9.15 Å². The lowest BCUT2D eigenvalue weighted by molar-refractivity contribution is 0.301. The molecule has 0 aliphatic heterocycles. The van der Waals surface area contributed by atoms with Crippen LogP contribution in [0, 0.1) is 6.92 Å². The molecule has 1 heterocycles. The topological polar surface area (TPSA) is 61.4 Å². The van der Waals surface area contributed by atoms with Crippen LogP contribution in [0.4, 0.5) is 0 Å². The van der Waals surface area contributed by atoms with Crippen LogP contribution in [0.1, 0.15) is 18.4 Å². The molecule has 0 spiro atoms. The Hall–Kier alpha value is -2.53. The second kappa shape index (κ2) is 7.57. The molecule has 1 aromatic heterocycles. The van der Waals surface area contributed by atoms with Gasteiger partial charge in [-0.25, -0.2) is 9.59 Å². The van der Waals surface area contributed by atoms with Gasteiger partial charge in [-0.1, -0.05) is 35.4 Å². The highest BCUT2D eigenvalue weighted by atomic mass is 35.5. The third kappa shape index (κ3) is 3.94. The van der Waals surface area contributed by atoms with Gasteiger partial charge in [0.15, 0.2) is 0 Å². The van der Waals surface area contributed by atoms with Crippen LogP contribution >= 0.6 is 11.6 Å². The van der Waals surface area contributed by atoms with Crippen molar-refractivity contribution in [3.8, 4) is 5.75 Å². The molecule has 0 amide bonds. The number of aromatic nitrogens is 1. The monoisotopic (exact) mass is 359 g/mol. The van der Waals surface area contributed by atoms with Crippen molar-refractivity contribution in [1.82, 2.24) is 4.57 Å². The summed E-state index contributed by atoms with van der Waals surface area (Å²) in [6, 6.07) is 12.8. The van der Waals surface area contributed by atoms with Crippen LogP contribution in [0.2, 0.25) is 5.02 Å². The molecular weight excluding hydrogens is 342 g/mol. The van der Waals surface area contributed by atoms with Crippen LogP contribution in [0.3, 0.4) is 0 Å². The van der Waals surface area contributed by atoms with E-state index in [4.69, 9.17) is 20.8 Å². The van der Waals surface area contributed by atoms with E-state index in [1.54, 1.807) is 18.2 Å². The van der Waals surface area contributed by atoms with Crippen LogP contribution in [0.25, 0.3) is 10.9 Å². The van der Waals surface area contributed by atoms with Crippen molar-refractivity contribution in [3.63, 3.8) is 0 Å². The highest BCUT2D eigenvalue weighted by molar-refractivity contribution is 6.35. The number of hydrogen-bond donors (Lipinski definition) is 0. The van der Waals surface area contributed by atoms with Gasteiger partial charge >= 0.3 is 11.4 Å². The second-order valence-corrected chi connectivity index (χ2v) is 6.22. The summed E-state index contributed by atoms with van der Waals surface area (Å²) in [5, 5.41) is 0.668. The Morgan fingerprint density at radius 3 is 2.60 bits per heavy atom. The number of halogens is 1. The standard InChI is InChI=1S/C19H18ClNO4/c1-13-7-9-14(10-8-13)24-12-3-2-11-21-17-15(5-4-6-16(17)20)18(22)25-19(21)23/h4-10H,2-3,11-12H2,1H3. The van der Waals surface area contributed by atoms with Crippen molar-refractivity contribution in [2.75, 3.05) is 6.61 Å². The first-order valence-electron chi connectivity index (χ1n) is 8.08. The van der Waals surface area contributed by atoms with Crippen molar-refractivity contribution in [3.05, 3.63) is 74.0 Å². The van der Waals surface area contributed by atoms with Crippen LogP contribution in [-0.2, 0) is 6.54 Å². The summed E-state index contributed by atoms with van der Waals surface area (Å²) < 4.78 is 11.9. The van der Waals surface area contributed by atoms with Gasteiger partial charge in [-0.05, 0) is 44.0 Å². The Labute approximate surface area is 149 Å². The van der Waals surface area contributed by atoms with Gasteiger partial charge in [-0.15, -0.1) is 0 Å². The molecule has 6 heteroatoms. The van der Waals surface area contributed by atoms with Gasteiger partial charge in [0.25, 0.3) is 0 Å². The fourth-order valence-electron chi connectivity index (χ4n) is 2.63. The maximum atomic E-state index is 12.0. The number of hydrogen-bond acceptors (Lipinski definition) is 4. The molecule has 0 aliphatic rings. The molecular formula is C19H18ClNO4. The third-order valence-corrected chi connectivity index (χ3v) is 4.25. The Morgan fingerprint density at radius 1 is 1.08 bits per heavy atom. The van der Waals surface area contributed by atoms with Crippen LogP contribution in [0.5, 0.6) is 5.75 Å². The van der Waals surface area contributed by atoms with Crippen LogP contribution in [-0.4, -0.2) is 11.2 Å². The van der Waals surface area contributed by atoms with E-state index in [1.807, 2.05) is 31.2 Å². The van der Waals surface area contributed by atoms with Crippen molar-refractivity contribution in [2.24, 2.45) is 0 Å². The zero-order valence-electron chi connectivity index (χ0n) is 13.8. The number of nitrogens with zero attached hydrogens (tertiary/aromatic N) is 1. The van der Waals surface area contributed by atoms with Crippen LogP contribution in [0.15, 0.2) is 56.5 Å². The number of rotatable bonds is 6. The summed E-state index contributed by atoms with van der Waals surface area (Å²) in [4.78, 5) is 23.8. The summed E-state index contributed by atoms with van der Waals surface area (Å²) in [5.74, 6) is 0.132. The smallest absolute Gasteiger partial charge is 0.422 e. The minimum Gasteiger partial charge on any atom is -0.494 e. The quantitative estimate of drug-likeness (QED) is 0.628. The molecule has 0 N–H and O–H groups in total. The zero-order valence-corrected chi connectivity index (χ0v) is 14.6. The Kier molecular flexibility index (Phi) is 5.24. The van der Waals surface area contributed by atoms with Gasteiger partial charge < -0.3 is 9.15 Å². The number of fused-ring (bicyclic) bond motifs is 1. The summed E-state index contributed by atoms with van der Waals surface area (Å²) in [7, 11) is 0.